The molecule has 1 saturated carbocycles. The third-order valence-electron chi connectivity index (χ3n) is 7.00. The molecule has 1 aromatic carbocycles. The van der Waals surface area contributed by atoms with E-state index in [1.165, 1.54) is 24.3 Å². The Bertz CT molecular complexity index is 1320. The first kappa shape index (κ1) is 29.6. The van der Waals surface area contributed by atoms with E-state index in [0.717, 1.165) is 38.5 Å². The second-order valence-electron chi connectivity index (χ2n) is 9.77. The van der Waals surface area contributed by atoms with E-state index in [2.05, 4.69) is 11.6 Å². The Kier molecular flexibility index (Phi) is 10.2. The van der Waals surface area contributed by atoms with Crippen LogP contribution in [0, 0.1) is 0 Å². The monoisotopic (exact) mass is 586 g/mol. The van der Waals surface area contributed by atoms with Gasteiger partial charge in [0.1, 0.15) is 18.5 Å². The summed E-state index contributed by atoms with van der Waals surface area (Å²) in [4.78, 5) is 45.3. The lowest BCUT2D eigenvalue weighted by Gasteiger charge is -2.28. The fourth-order valence-electron chi connectivity index (χ4n) is 5.00. The van der Waals surface area contributed by atoms with Gasteiger partial charge in [-0.05, 0) is 69.1 Å². The first-order chi connectivity index (χ1) is 19.3. The molecule has 0 N–H and O–H groups in total. The highest BCUT2D eigenvalue weighted by molar-refractivity contribution is 6.37. The second-order valence-corrected chi connectivity index (χ2v) is 10.6. The minimum atomic E-state index is -0.552. The molecule has 1 amide bonds. The SMILES string of the molecule is C=CCOc1cc(N(Cc2cncc(C(=O)OC)c2)C(=O)C2=C(C(=O)OC3CCCC3)CCCC2)c(Cl)cc1Cl. The van der Waals surface area contributed by atoms with Crippen molar-refractivity contribution >= 4 is 46.7 Å². The number of esters is 2. The molecule has 4 rings (SSSR count). The Morgan fingerprint density at radius 3 is 2.42 bits per heavy atom. The van der Waals surface area contributed by atoms with Gasteiger partial charge in [-0.1, -0.05) is 35.9 Å². The molecule has 0 atom stereocenters. The molecule has 212 valence electrons. The summed E-state index contributed by atoms with van der Waals surface area (Å²) in [7, 11) is 1.28. The number of ether oxygens (including phenoxy) is 3. The van der Waals surface area contributed by atoms with Crippen molar-refractivity contribution in [3.05, 3.63) is 75.6 Å². The maximum absolute atomic E-state index is 14.3. The van der Waals surface area contributed by atoms with Crippen molar-refractivity contribution in [2.75, 3.05) is 18.6 Å². The van der Waals surface area contributed by atoms with Crippen LogP contribution in [0.1, 0.15) is 67.3 Å². The summed E-state index contributed by atoms with van der Waals surface area (Å²) in [5.74, 6) is -1.05. The van der Waals surface area contributed by atoms with E-state index in [9.17, 15) is 14.4 Å². The fourth-order valence-corrected chi connectivity index (χ4v) is 5.54. The maximum Gasteiger partial charge on any atom is 0.339 e. The van der Waals surface area contributed by atoms with Gasteiger partial charge in [0.25, 0.3) is 5.91 Å². The largest absolute Gasteiger partial charge is 0.488 e. The number of benzene rings is 1. The number of anilines is 1. The number of hydrogen-bond acceptors (Lipinski definition) is 7. The van der Waals surface area contributed by atoms with Gasteiger partial charge in [-0.15, -0.1) is 0 Å². The molecule has 0 bridgehead atoms. The van der Waals surface area contributed by atoms with Gasteiger partial charge in [-0.2, -0.15) is 0 Å². The van der Waals surface area contributed by atoms with Crippen molar-refractivity contribution in [1.82, 2.24) is 4.98 Å². The molecule has 2 aliphatic rings. The number of methoxy groups -OCH3 is 1. The number of carbonyl (C=O) groups is 3. The van der Waals surface area contributed by atoms with E-state index in [1.54, 1.807) is 24.4 Å². The van der Waals surface area contributed by atoms with E-state index in [1.807, 2.05) is 0 Å². The first-order valence-corrected chi connectivity index (χ1v) is 14.1. The lowest BCUT2D eigenvalue weighted by molar-refractivity contribution is -0.144. The number of carbonyl (C=O) groups excluding carboxylic acids is 3. The van der Waals surface area contributed by atoms with Crippen molar-refractivity contribution in [1.29, 1.82) is 0 Å². The minimum Gasteiger partial charge on any atom is -0.488 e. The molecule has 40 heavy (non-hydrogen) atoms. The van der Waals surface area contributed by atoms with E-state index in [4.69, 9.17) is 37.4 Å². The van der Waals surface area contributed by atoms with Gasteiger partial charge >= 0.3 is 11.9 Å². The van der Waals surface area contributed by atoms with Crippen LogP contribution in [0.5, 0.6) is 5.75 Å². The average Bonchev–Trinajstić information content (AvgIpc) is 3.48. The Labute approximate surface area is 243 Å². The highest BCUT2D eigenvalue weighted by Gasteiger charge is 2.32. The first-order valence-electron chi connectivity index (χ1n) is 13.3. The van der Waals surface area contributed by atoms with Gasteiger partial charge in [0.2, 0.25) is 0 Å². The summed E-state index contributed by atoms with van der Waals surface area (Å²) >= 11 is 13.0. The minimum absolute atomic E-state index is 0.00731. The van der Waals surface area contributed by atoms with Gasteiger partial charge < -0.3 is 19.1 Å². The predicted molar refractivity (Wildman–Crippen MR) is 153 cm³/mol. The molecule has 2 aromatic rings. The van der Waals surface area contributed by atoms with Crippen LogP contribution in [-0.4, -0.2) is 42.7 Å². The number of rotatable bonds is 10. The lowest BCUT2D eigenvalue weighted by Crippen LogP contribution is -2.34. The number of aromatic nitrogens is 1. The number of hydrogen-bond donors (Lipinski definition) is 0. The molecule has 1 aromatic heterocycles. The molecule has 1 fully saturated rings. The fraction of sp³-hybridized carbons (Fsp3) is 0.400. The summed E-state index contributed by atoms with van der Waals surface area (Å²) in [5, 5.41) is 0.489. The molecule has 0 saturated heterocycles. The standard InChI is InChI=1S/C30H32Cl2N2O6/c1-3-12-39-27-15-26(24(31)14-25(27)32)34(18-19-13-20(17-33-16-19)29(36)38-2)28(35)22-10-6-7-11-23(22)30(37)40-21-8-4-5-9-21/h3,13-17,21H,1,4-12,18H2,2H3. The van der Waals surface area contributed by atoms with Crippen molar-refractivity contribution in [2.24, 2.45) is 0 Å². The average molecular weight is 588 g/mol. The van der Waals surface area contributed by atoms with Crippen molar-refractivity contribution in [3.63, 3.8) is 0 Å². The molecule has 0 aliphatic heterocycles. The third-order valence-corrected chi connectivity index (χ3v) is 7.60. The van der Waals surface area contributed by atoms with Gasteiger partial charge in [0.05, 0.1) is 35.0 Å². The van der Waals surface area contributed by atoms with Crippen LogP contribution in [-0.2, 0) is 25.6 Å². The van der Waals surface area contributed by atoms with E-state index < -0.39 is 11.9 Å². The maximum atomic E-state index is 14.3. The molecule has 2 aliphatic carbocycles. The molecular weight excluding hydrogens is 555 g/mol. The molecule has 0 unspecified atom stereocenters. The van der Waals surface area contributed by atoms with E-state index in [0.29, 0.717) is 41.0 Å². The van der Waals surface area contributed by atoms with Crippen LogP contribution in [0.25, 0.3) is 0 Å². The van der Waals surface area contributed by atoms with E-state index >= 15 is 0 Å². The summed E-state index contributed by atoms with van der Waals surface area (Å²) in [6.45, 7) is 3.87. The van der Waals surface area contributed by atoms with Gasteiger partial charge in [-0.25, -0.2) is 9.59 Å². The molecule has 10 heteroatoms. The summed E-state index contributed by atoms with van der Waals surface area (Å²) < 4.78 is 16.3. The molecule has 0 radical (unpaired) electrons. The Hall–Kier alpha value is -3.36. The quantitative estimate of drug-likeness (QED) is 0.228. The Balaban J connectivity index is 1.77. The number of pyridine rings is 1. The summed E-state index contributed by atoms with van der Waals surface area (Å²) in [6, 6.07) is 4.69. The normalized spacial score (nSPS) is 15.5. The van der Waals surface area contributed by atoms with Crippen LogP contribution in [0.4, 0.5) is 5.69 Å². The van der Waals surface area contributed by atoms with Crippen molar-refractivity contribution < 1.29 is 28.6 Å². The van der Waals surface area contributed by atoms with Crippen LogP contribution in [0.3, 0.4) is 0 Å². The lowest BCUT2D eigenvalue weighted by atomic mass is 9.90. The zero-order valence-electron chi connectivity index (χ0n) is 22.4. The number of halogens is 2. The summed E-state index contributed by atoms with van der Waals surface area (Å²) in [5.41, 5.74) is 1.93. The van der Waals surface area contributed by atoms with Gasteiger partial charge in [0, 0.05) is 29.6 Å². The summed E-state index contributed by atoms with van der Waals surface area (Å²) in [6.07, 6.45) is 10.6. The van der Waals surface area contributed by atoms with Crippen molar-refractivity contribution in [3.8, 4) is 5.75 Å². The van der Waals surface area contributed by atoms with Gasteiger partial charge in [0.15, 0.2) is 0 Å². The Morgan fingerprint density at radius 2 is 1.73 bits per heavy atom. The predicted octanol–water partition coefficient (Wildman–Crippen LogP) is 6.63. The topological polar surface area (TPSA) is 95.0 Å². The van der Waals surface area contributed by atoms with Crippen LogP contribution in [0.15, 0.2) is 54.4 Å². The van der Waals surface area contributed by atoms with Gasteiger partial charge in [-0.3, -0.25) is 9.78 Å². The van der Waals surface area contributed by atoms with Crippen LogP contribution >= 0.6 is 23.2 Å². The van der Waals surface area contributed by atoms with E-state index in [-0.39, 0.29) is 40.8 Å². The number of amides is 1. The zero-order valence-corrected chi connectivity index (χ0v) is 23.9. The number of nitrogens with zero attached hydrogens (tertiary/aromatic N) is 2. The van der Waals surface area contributed by atoms with Crippen LogP contribution < -0.4 is 9.64 Å². The van der Waals surface area contributed by atoms with Crippen molar-refractivity contribution in [2.45, 2.75) is 64.0 Å². The zero-order chi connectivity index (χ0) is 28.6. The Morgan fingerprint density at radius 1 is 1.00 bits per heavy atom. The highest BCUT2D eigenvalue weighted by atomic mass is 35.5. The van der Waals surface area contributed by atoms with Crippen LogP contribution in [0.2, 0.25) is 10.0 Å². The second kappa shape index (κ2) is 13.8. The highest BCUT2D eigenvalue weighted by Crippen LogP contribution is 2.39. The molecule has 1 heterocycles. The molecule has 0 spiro atoms. The molecule has 8 nitrogen and oxygen atoms in total. The molecular formula is C30H32Cl2N2O6. The third kappa shape index (κ3) is 7.04. The smallest absolute Gasteiger partial charge is 0.339 e.